The van der Waals surface area contributed by atoms with Gasteiger partial charge in [0.15, 0.2) is 0 Å². The molecule has 1 aromatic rings. The average Bonchev–Trinajstić information content (AvgIpc) is 2.88. The van der Waals surface area contributed by atoms with Crippen molar-refractivity contribution in [1.82, 2.24) is 4.90 Å². The van der Waals surface area contributed by atoms with Crippen molar-refractivity contribution in [3.8, 4) is 0 Å². The Morgan fingerprint density at radius 1 is 1.18 bits per heavy atom. The van der Waals surface area contributed by atoms with Gasteiger partial charge < -0.3 is 9.84 Å². The summed E-state index contributed by atoms with van der Waals surface area (Å²) < 4.78 is 5.03. The molecule has 2 aliphatic heterocycles. The van der Waals surface area contributed by atoms with Crippen molar-refractivity contribution in [2.45, 2.75) is 52.2 Å². The Bertz CT molecular complexity index is 876. The summed E-state index contributed by atoms with van der Waals surface area (Å²) in [5.41, 5.74) is 0.308. The molecule has 0 aromatic heterocycles. The second-order valence-corrected chi connectivity index (χ2v) is 6.57. The van der Waals surface area contributed by atoms with Crippen LogP contribution in [0.3, 0.4) is 0 Å². The topological polar surface area (TPSA) is 109 Å². The molecular weight excluding hydrogens is 409 g/mol. The molecule has 150 valence electrons. The number of imide groups is 1. The number of ether oxygens (including phenoxy) is 1. The van der Waals surface area contributed by atoms with E-state index in [1.54, 1.807) is 19.1 Å². The fraction of sp³-hybridized carbons (Fsp3) is 0.421. The molecule has 2 amide bonds. The smallest absolute Gasteiger partial charge is 0.510 e. The molecule has 0 aliphatic carbocycles. The normalized spacial score (nSPS) is 19.4. The molecule has 2 aliphatic rings. The van der Waals surface area contributed by atoms with E-state index in [4.69, 9.17) is 4.74 Å². The maximum Gasteiger partial charge on any atom is 2.00 e. The molecule has 3 rings (SSSR count). The van der Waals surface area contributed by atoms with Gasteiger partial charge in [-0.2, -0.15) is 0 Å². The predicted molar refractivity (Wildman–Crippen MR) is 95.7 cm³/mol. The van der Waals surface area contributed by atoms with Gasteiger partial charge in [0, 0.05) is 12.5 Å². The maximum atomic E-state index is 12.9. The predicted octanol–water partition coefficient (Wildman–Crippen LogP) is 3.66. The van der Waals surface area contributed by atoms with Crippen molar-refractivity contribution in [3.63, 3.8) is 0 Å². The summed E-state index contributed by atoms with van der Waals surface area (Å²) >= 11 is 0. The summed E-state index contributed by atoms with van der Waals surface area (Å²) in [7, 11) is 0. The monoisotopic (exact) mass is 429 g/mol. The molecule has 9 heteroatoms. The van der Waals surface area contributed by atoms with Crippen molar-refractivity contribution >= 4 is 23.5 Å². The molecule has 2 heterocycles. The molecule has 28 heavy (non-hydrogen) atoms. The van der Waals surface area contributed by atoms with Crippen LogP contribution in [-0.4, -0.2) is 39.9 Å². The molecule has 0 radical (unpaired) electrons. The summed E-state index contributed by atoms with van der Waals surface area (Å²) in [6.45, 7) is 5.50. The Morgan fingerprint density at radius 3 is 2.46 bits per heavy atom. The first-order valence-electron chi connectivity index (χ1n) is 8.94. The number of aliphatic hydroxyl groups excluding tert-OH is 1. The molecule has 0 spiro atoms. The number of carbonyl (C=O) groups is 3. The van der Waals surface area contributed by atoms with Crippen LogP contribution < -0.4 is 0 Å². The van der Waals surface area contributed by atoms with E-state index >= 15 is 0 Å². The van der Waals surface area contributed by atoms with Gasteiger partial charge in [0.05, 0.1) is 16.8 Å². The minimum absolute atomic E-state index is 0. The summed E-state index contributed by atoms with van der Waals surface area (Å²) in [5, 5.41) is 17.7. The standard InChI is InChI=1S/C19H21N3O5.Ni/c1-4-11(5-2)22-17(24)12-7-6-8-13(15(12)18(22)25)20-21-16-14(23)9-10(3)27-19(16)26;/h6-8,10-11,23H,4-5,9H2,1-3H3;/q;+2. The van der Waals surface area contributed by atoms with Crippen molar-refractivity contribution < 1.29 is 40.7 Å². The van der Waals surface area contributed by atoms with Crippen LogP contribution in [0.25, 0.3) is 0 Å². The molecule has 8 nitrogen and oxygen atoms in total. The van der Waals surface area contributed by atoms with Crippen molar-refractivity contribution in [2.24, 2.45) is 10.2 Å². The number of benzene rings is 1. The second kappa shape index (κ2) is 8.65. The quantitative estimate of drug-likeness (QED) is 0.332. The molecule has 1 N–H and O–H groups in total. The number of rotatable bonds is 5. The Balaban J connectivity index is 0.00000280. The number of cyclic esters (lactones) is 1. The zero-order valence-electron chi connectivity index (χ0n) is 15.7. The number of nitrogens with zero attached hydrogens (tertiary/aromatic N) is 3. The number of hydrogen-bond donors (Lipinski definition) is 1. The Kier molecular flexibility index (Phi) is 6.72. The van der Waals surface area contributed by atoms with E-state index in [9.17, 15) is 19.5 Å². The van der Waals surface area contributed by atoms with E-state index in [2.05, 4.69) is 10.2 Å². The summed E-state index contributed by atoms with van der Waals surface area (Å²) in [4.78, 5) is 38.7. The molecule has 1 aromatic carbocycles. The van der Waals surface area contributed by atoms with E-state index in [1.165, 1.54) is 11.0 Å². The molecular formula is C19H21N3NiO5+2. The zero-order chi connectivity index (χ0) is 19.7. The number of esters is 1. The minimum Gasteiger partial charge on any atom is -0.510 e. The molecule has 0 bridgehead atoms. The van der Waals surface area contributed by atoms with Crippen LogP contribution in [0.5, 0.6) is 0 Å². The summed E-state index contributed by atoms with van der Waals surface area (Å²) in [5.74, 6) is -1.76. The molecule has 0 saturated carbocycles. The van der Waals surface area contributed by atoms with Crippen LogP contribution in [0.15, 0.2) is 39.9 Å². The minimum atomic E-state index is -0.774. The fourth-order valence-electron chi connectivity index (χ4n) is 3.32. The van der Waals surface area contributed by atoms with Crippen LogP contribution in [0.2, 0.25) is 0 Å². The third-order valence-electron chi connectivity index (χ3n) is 4.75. The number of azo groups is 1. The Labute approximate surface area is 172 Å². The first-order valence-corrected chi connectivity index (χ1v) is 8.94. The van der Waals surface area contributed by atoms with Crippen LogP contribution in [-0.2, 0) is 26.0 Å². The van der Waals surface area contributed by atoms with E-state index < -0.39 is 18.0 Å². The van der Waals surface area contributed by atoms with Crippen LogP contribution in [0, 0.1) is 0 Å². The summed E-state index contributed by atoms with van der Waals surface area (Å²) in [6, 6.07) is 4.52. The molecule has 0 fully saturated rings. The second-order valence-electron chi connectivity index (χ2n) is 6.57. The van der Waals surface area contributed by atoms with Gasteiger partial charge in [-0.05, 0) is 31.9 Å². The third kappa shape index (κ3) is 3.71. The molecule has 1 unspecified atom stereocenters. The van der Waals surface area contributed by atoms with E-state index in [-0.39, 0.29) is 63.1 Å². The van der Waals surface area contributed by atoms with E-state index in [0.717, 1.165) is 0 Å². The molecule has 0 saturated heterocycles. The number of aliphatic hydroxyl groups is 1. The van der Waals surface area contributed by atoms with Gasteiger partial charge >= 0.3 is 22.5 Å². The van der Waals surface area contributed by atoms with Gasteiger partial charge in [0.1, 0.15) is 11.9 Å². The summed E-state index contributed by atoms with van der Waals surface area (Å²) in [6.07, 6.45) is 1.02. The van der Waals surface area contributed by atoms with Gasteiger partial charge in [-0.25, -0.2) is 4.79 Å². The first kappa shape index (κ1) is 21.8. The van der Waals surface area contributed by atoms with Crippen molar-refractivity contribution in [2.75, 3.05) is 0 Å². The Hall–Kier alpha value is -2.54. The van der Waals surface area contributed by atoms with Gasteiger partial charge in [0.25, 0.3) is 11.8 Å². The van der Waals surface area contributed by atoms with Crippen LogP contribution in [0.4, 0.5) is 5.69 Å². The van der Waals surface area contributed by atoms with Crippen molar-refractivity contribution in [3.05, 3.63) is 40.8 Å². The van der Waals surface area contributed by atoms with Crippen molar-refractivity contribution in [1.29, 1.82) is 0 Å². The Morgan fingerprint density at radius 2 is 1.86 bits per heavy atom. The number of fused-ring (bicyclic) bond motifs is 1. The first-order chi connectivity index (χ1) is 12.9. The SMILES string of the molecule is CCC(CC)N1C(=O)c2cccc(N=NC3=C(O)CC(C)OC3=O)c2C1=O.[Ni+2]. The number of hydrogen-bond acceptors (Lipinski definition) is 7. The largest absolute Gasteiger partial charge is 2.00 e. The fourth-order valence-corrected chi connectivity index (χ4v) is 3.32. The van der Waals surface area contributed by atoms with E-state index in [0.29, 0.717) is 12.8 Å². The van der Waals surface area contributed by atoms with Crippen LogP contribution >= 0.6 is 0 Å². The van der Waals surface area contributed by atoms with Gasteiger partial charge in [-0.1, -0.05) is 19.9 Å². The molecule has 1 atom stereocenters. The van der Waals surface area contributed by atoms with Gasteiger partial charge in [-0.15, -0.1) is 10.2 Å². The van der Waals surface area contributed by atoms with Crippen LogP contribution in [0.1, 0.15) is 60.7 Å². The van der Waals surface area contributed by atoms with Gasteiger partial charge in [-0.3, -0.25) is 14.5 Å². The average molecular weight is 430 g/mol. The zero-order valence-corrected chi connectivity index (χ0v) is 16.7. The number of amides is 2. The maximum absolute atomic E-state index is 12.9. The van der Waals surface area contributed by atoms with E-state index in [1.807, 2.05) is 13.8 Å². The third-order valence-corrected chi connectivity index (χ3v) is 4.75. The van der Waals surface area contributed by atoms with Gasteiger partial charge in [0.2, 0.25) is 5.70 Å². The number of carbonyl (C=O) groups excluding carboxylic acids is 3.